The molecule has 1 heterocycles. The predicted octanol–water partition coefficient (Wildman–Crippen LogP) is 3.07. The summed E-state index contributed by atoms with van der Waals surface area (Å²) in [5.41, 5.74) is 1.45. The van der Waals surface area contributed by atoms with Crippen LogP contribution in [-0.2, 0) is 11.2 Å². The van der Waals surface area contributed by atoms with E-state index in [9.17, 15) is 9.18 Å². The molecule has 0 aliphatic rings. The summed E-state index contributed by atoms with van der Waals surface area (Å²) in [5.74, 6) is -1.23. The number of carbonyl (C=O) groups is 1. The van der Waals surface area contributed by atoms with Gasteiger partial charge in [0.05, 0.1) is 17.1 Å². The molecule has 0 amide bonds. The Morgan fingerprint density at radius 2 is 2.28 bits per heavy atom. The summed E-state index contributed by atoms with van der Waals surface area (Å²) in [6.45, 7) is 1.65. The first-order chi connectivity index (χ1) is 8.49. The minimum Gasteiger partial charge on any atom is -0.481 e. The Labute approximate surface area is 107 Å². The maximum atomic E-state index is 13.1. The molecule has 1 aromatic carbocycles. The zero-order chi connectivity index (χ0) is 13.3. The van der Waals surface area contributed by atoms with Crippen LogP contribution >= 0.6 is 11.6 Å². The maximum Gasteiger partial charge on any atom is 0.308 e. The van der Waals surface area contributed by atoms with E-state index in [2.05, 4.69) is 5.16 Å². The van der Waals surface area contributed by atoms with Crippen molar-refractivity contribution >= 4 is 17.6 Å². The second kappa shape index (κ2) is 4.78. The highest BCUT2D eigenvalue weighted by molar-refractivity contribution is 6.31. The zero-order valence-electron chi connectivity index (χ0n) is 9.41. The molecule has 2 aromatic rings. The van der Waals surface area contributed by atoms with Crippen molar-refractivity contribution < 1.29 is 18.8 Å². The highest BCUT2D eigenvalue weighted by Gasteiger charge is 2.18. The number of carboxylic acid groups (broad SMARTS) is 1. The molecule has 18 heavy (non-hydrogen) atoms. The van der Waals surface area contributed by atoms with Gasteiger partial charge in [-0.05, 0) is 25.1 Å². The van der Waals surface area contributed by atoms with E-state index in [-0.39, 0.29) is 11.4 Å². The molecule has 0 aliphatic carbocycles. The number of hydrogen-bond donors (Lipinski definition) is 1. The van der Waals surface area contributed by atoms with Crippen molar-refractivity contribution in [1.29, 1.82) is 0 Å². The Bertz CT molecular complexity index is 609. The molecule has 4 nitrogen and oxygen atoms in total. The topological polar surface area (TPSA) is 63.3 Å². The molecule has 0 radical (unpaired) electrons. The highest BCUT2D eigenvalue weighted by Crippen LogP contribution is 2.29. The van der Waals surface area contributed by atoms with Gasteiger partial charge in [-0.1, -0.05) is 16.8 Å². The van der Waals surface area contributed by atoms with Crippen LogP contribution in [0.1, 0.15) is 11.3 Å². The van der Waals surface area contributed by atoms with Crippen LogP contribution in [0.5, 0.6) is 0 Å². The molecular weight excluding hydrogens is 261 g/mol. The van der Waals surface area contributed by atoms with Crippen LogP contribution < -0.4 is 0 Å². The molecule has 0 atom stereocenters. The van der Waals surface area contributed by atoms with E-state index < -0.39 is 11.8 Å². The van der Waals surface area contributed by atoms with E-state index in [1.165, 1.54) is 18.2 Å². The lowest BCUT2D eigenvalue weighted by Gasteiger charge is -2.01. The van der Waals surface area contributed by atoms with Gasteiger partial charge in [-0.15, -0.1) is 0 Å². The standard InChI is InChI=1S/C12H9ClFNO3/c1-6-8(5-11(16)17)12(18-15-6)7-2-3-10(14)9(13)4-7/h2-4H,5H2,1H3,(H,16,17). The van der Waals surface area contributed by atoms with Crippen LogP contribution in [0.15, 0.2) is 22.7 Å². The first kappa shape index (κ1) is 12.6. The molecular formula is C12H9ClFNO3. The van der Waals surface area contributed by atoms with E-state index in [1.807, 2.05) is 0 Å². The molecule has 1 N–H and O–H groups in total. The maximum absolute atomic E-state index is 13.1. The van der Waals surface area contributed by atoms with Crippen molar-refractivity contribution in [2.24, 2.45) is 0 Å². The lowest BCUT2D eigenvalue weighted by Crippen LogP contribution is -2.01. The Hall–Kier alpha value is -1.88. The monoisotopic (exact) mass is 269 g/mol. The fraction of sp³-hybridized carbons (Fsp3) is 0.167. The normalized spacial score (nSPS) is 10.6. The molecule has 0 saturated carbocycles. The number of rotatable bonds is 3. The second-order valence-electron chi connectivity index (χ2n) is 3.78. The largest absolute Gasteiger partial charge is 0.481 e. The van der Waals surface area contributed by atoms with Crippen LogP contribution in [0.4, 0.5) is 4.39 Å². The minimum absolute atomic E-state index is 0.0529. The molecule has 6 heteroatoms. The molecule has 0 unspecified atom stereocenters. The summed E-state index contributed by atoms with van der Waals surface area (Å²) in [6, 6.07) is 4.04. The smallest absolute Gasteiger partial charge is 0.308 e. The summed E-state index contributed by atoms with van der Waals surface area (Å²) in [6.07, 6.45) is -0.209. The van der Waals surface area contributed by atoms with Gasteiger partial charge in [-0.3, -0.25) is 4.79 Å². The minimum atomic E-state index is -0.990. The van der Waals surface area contributed by atoms with E-state index in [4.69, 9.17) is 21.2 Å². The number of carboxylic acids is 1. The lowest BCUT2D eigenvalue weighted by molar-refractivity contribution is -0.136. The van der Waals surface area contributed by atoms with Gasteiger partial charge in [-0.2, -0.15) is 0 Å². The van der Waals surface area contributed by atoms with Gasteiger partial charge in [0.25, 0.3) is 0 Å². The lowest BCUT2D eigenvalue weighted by atomic mass is 10.0. The van der Waals surface area contributed by atoms with Gasteiger partial charge in [0.2, 0.25) is 0 Å². The molecule has 94 valence electrons. The summed E-state index contributed by atoms with van der Waals surface area (Å²) in [7, 11) is 0. The van der Waals surface area contributed by atoms with Crippen molar-refractivity contribution in [2.45, 2.75) is 13.3 Å². The van der Waals surface area contributed by atoms with Crippen LogP contribution in [0.2, 0.25) is 5.02 Å². The van der Waals surface area contributed by atoms with E-state index in [0.29, 0.717) is 22.6 Å². The number of hydrogen-bond acceptors (Lipinski definition) is 3. The molecule has 0 saturated heterocycles. The summed E-state index contributed by atoms with van der Waals surface area (Å²) >= 11 is 5.68. The van der Waals surface area contributed by atoms with Gasteiger partial charge in [-0.25, -0.2) is 4.39 Å². The van der Waals surface area contributed by atoms with Gasteiger partial charge >= 0.3 is 5.97 Å². The Morgan fingerprint density at radius 3 is 2.89 bits per heavy atom. The molecule has 0 bridgehead atoms. The third-order valence-corrected chi connectivity index (χ3v) is 2.78. The molecule has 0 fully saturated rings. The van der Waals surface area contributed by atoms with Crippen LogP contribution in [0.25, 0.3) is 11.3 Å². The SMILES string of the molecule is Cc1noc(-c2ccc(F)c(Cl)c2)c1CC(=O)O. The van der Waals surface area contributed by atoms with Crippen LogP contribution in [-0.4, -0.2) is 16.2 Å². The third kappa shape index (κ3) is 2.36. The fourth-order valence-corrected chi connectivity index (χ4v) is 1.79. The number of aromatic nitrogens is 1. The predicted molar refractivity (Wildman–Crippen MR) is 63.0 cm³/mol. The number of halogens is 2. The number of benzene rings is 1. The van der Waals surface area contributed by atoms with Gasteiger partial charge in [0.1, 0.15) is 5.82 Å². The number of aliphatic carboxylic acids is 1. The highest BCUT2D eigenvalue weighted by atomic mass is 35.5. The van der Waals surface area contributed by atoms with Crippen molar-refractivity contribution in [3.05, 3.63) is 40.3 Å². The number of aryl methyl sites for hydroxylation is 1. The Balaban J connectivity index is 2.50. The summed E-state index contributed by atoms with van der Waals surface area (Å²) in [5, 5.41) is 12.5. The number of nitrogens with zero attached hydrogens (tertiary/aromatic N) is 1. The third-order valence-electron chi connectivity index (χ3n) is 2.49. The van der Waals surface area contributed by atoms with Gasteiger partial charge < -0.3 is 9.63 Å². The van der Waals surface area contributed by atoms with Crippen LogP contribution in [0, 0.1) is 12.7 Å². The zero-order valence-corrected chi connectivity index (χ0v) is 10.2. The van der Waals surface area contributed by atoms with E-state index in [0.717, 1.165) is 0 Å². The van der Waals surface area contributed by atoms with E-state index >= 15 is 0 Å². The Morgan fingerprint density at radius 1 is 1.56 bits per heavy atom. The fourth-order valence-electron chi connectivity index (χ4n) is 1.61. The average Bonchev–Trinajstić information content (AvgIpc) is 2.64. The first-order valence-corrected chi connectivity index (χ1v) is 5.49. The van der Waals surface area contributed by atoms with Gasteiger partial charge in [0, 0.05) is 11.1 Å². The van der Waals surface area contributed by atoms with Crippen molar-refractivity contribution in [3.63, 3.8) is 0 Å². The summed E-state index contributed by atoms with van der Waals surface area (Å²) in [4.78, 5) is 10.8. The van der Waals surface area contributed by atoms with Crippen molar-refractivity contribution in [2.75, 3.05) is 0 Å². The van der Waals surface area contributed by atoms with Crippen LogP contribution in [0.3, 0.4) is 0 Å². The second-order valence-corrected chi connectivity index (χ2v) is 4.18. The molecule has 2 rings (SSSR count). The van der Waals surface area contributed by atoms with E-state index in [1.54, 1.807) is 6.92 Å². The average molecular weight is 270 g/mol. The molecule has 0 spiro atoms. The summed E-state index contributed by atoms with van der Waals surface area (Å²) < 4.78 is 18.1. The first-order valence-electron chi connectivity index (χ1n) is 5.11. The Kier molecular flexibility index (Phi) is 3.34. The molecule has 1 aromatic heterocycles. The van der Waals surface area contributed by atoms with Gasteiger partial charge in [0.15, 0.2) is 5.76 Å². The molecule has 0 aliphatic heterocycles. The van der Waals surface area contributed by atoms with Crippen molar-refractivity contribution in [1.82, 2.24) is 5.16 Å². The van der Waals surface area contributed by atoms with Crippen molar-refractivity contribution in [3.8, 4) is 11.3 Å². The quantitative estimate of drug-likeness (QED) is 0.930.